The van der Waals surface area contributed by atoms with Gasteiger partial charge >= 0.3 is 0 Å². The van der Waals surface area contributed by atoms with Crippen LogP contribution in [0.15, 0.2) is 62.8 Å². The third-order valence-corrected chi connectivity index (χ3v) is 5.45. The Balaban J connectivity index is 1.61. The van der Waals surface area contributed by atoms with Gasteiger partial charge in [-0.25, -0.2) is 0 Å². The van der Waals surface area contributed by atoms with E-state index in [0.29, 0.717) is 12.3 Å². The minimum absolute atomic E-state index is 0.0809. The van der Waals surface area contributed by atoms with Gasteiger partial charge in [-0.3, -0.25) is 4.79 Å². The zero-order valence-corrected chi connectivity index (χ0v) is 15.6. The van der Waals surface area contributed by atoms with Crippen molar-refractivity contribution >= 4 is 45.4 Å². The van der Waals surface area contributed by atoms with E-state index in [1.165, 1.54) is 10.5 Å². The summed E-state index contributed by atoms with van der Waals surface area (Å²) in [7, 11) is 0. The molecule has 1 amide bonds. The van der Waals surface area contributed by atoms with E-state index in [0.717, 1.165) is 15.1 Å². The molecule has 0 aliphatic heterocycles. The van der Waals surface area contributed by atoms with E-state index < -0.39 is 0 Å². The van der Waals surface area contributed by atoms with Crippen molar-refractivity contribution < 1.29 is 4.79 Å². The van der Waals surface area contributed by atoms with Crippen molar-refractivity contribution in [2.45, 2.75) is 16.7 Å². The lowest BCUT2D eigenvalue weighted by Crippen LogP contribution is -2.27. The number of rotatable bonds is 7. The van der Waals surface area contributed by atoms with Gasteiger partial charge in [0.25, 0.3) is 0 Å². The van der Waals surface area contributed by atoms with Crippen LogP contribution in [0, 0.1) is 6.92 Å². The van der Waals surface area contributed by atoms with Gasteiger partial charge in [-0.1, -0.05) is 33.6 Å². The molecule has 0 spiro atoms. The first-order chi connectivity index (χ1) is 10.6. The maximum Gasteiger partial charge on any atom is 0.230 e. The van der Waals surface area contributed by atoms with Gasteiger partial charge < -0.3 is 5.32 Å². The summed E-state index contributed by atoms with van der Waals surface area (Å²) in [6.07, 6.45) is 0. The van der Waals surface area contributed by atoms with E-state index in [1.807, 2.05) is 24.3 Å². The first-order valence-corrected chi connectivity index (χ1v) is 9.74. The molecule has 0 bridgehead atoms. The Kier molecular flexibility index (Phi) is 7.36. The largest absolute Gasteiger partial charge is 0.355 e. The molecule has 0 atom stereocenters. The fraction of sp³-hybridized carbons (Fsp3) is 0.235. The normalized spacial score (nSPS) is 10.5. The average molecular weight is 396 g/mol. The minimum atomic E-state index is 0.0809. The molecule has 0 saturated carbocycles. The van der Waals surface area contributed by atoms with E-state index in [4.69, 9.17) is 0 Å². The second kappa shape index (κ2) is 9.28. The molecule has 0 radical (unpaired) electrons. The summed E-state index contributed by atoms with van der Waals surface area (Å²) in [5.74, 6) is 1.42. The molecule has 0 aliphatic rings. The molecule has 0 saturated heterocycles. The van der Waals surface area contributed by atoms with Gasteiger partial charge in [0.2, 0.25) is 5.91 Å². The molecule has 2 nitrogen and oxygen atoms in total. The van der Waals surface area contributed by atoms with E-state index >= 15 is 0 Å². The predicted octanol–water partition coefficient (Wildman–Crippen LogP) is 4.76. The van der Waals surface area contributed by atoms with Crippen molar-refractivity contribution in [1.29, 1.82) is 0 Å². The van der Waals surface area contributed by atoms with Gasteiger partial charge in [0.05, 0.1) is 5.75 Å². The van der Waals surface area contributed by atoms with Gasteiger partial charge in [0.15, 0.2) is 0 Å². The Labute approximate surface area is 148 Å². The van der Waals surface area contributed by atoms with Crippen molar-refractivity contribution in [3.8, 4) is 0 Å². The Morgan fingerprint density at radius 1 is 1.00 bits per heavy atom. The molecule has 0 unspecified atom stereocenters. The van der Waals surface area contributed by atoms with Crippen LogP contribution < -0.4 is 5.32 Å². The summed E-state index contributed by atoms with van der Waals surface area (Å²) < 4.78 is 1.05. The number of aryl methyl sites for hydroxylation is 1. The summed E-state index contributed by atoms with van der Waals surface area (Å²) in [4.78, 5) is 14.1. The number of nitrogens with one attached hydrogen (secondary N) is 1. The summed E-state index contributed by atoms with van der Waals surface area (Å²) in [6, 6.07) is 16.4. The van der Waals surface area contributed by atoms with Crippen molar-refractivity contribution in [3.63, 3.8) is 0 Å². The quantitative estimate of drug-likeness (QED) is 0.541. The smallest absolute Gasteiger partial charge is 0.230 e. The Morgan fingerprint density at radius 3 is 2.27 bits per heavy atom. The van der Waals surface area contributed by atoms with Crippen molar-refractivity contribution in [3.05, 3.63) is 58.6 Å². The number of amides is 1. The molecule has 2 rings (SSSR count). The summed E-state index contributed by atoms with van der Waals surface area (Å²) in [6.45, 7) is 2.77. The van der Waals surface area contributed by atoms with Gasteiger partial charge in [0, 0.05) is 26.6 Å². The number of halogens is 1. The Morgan fingerprint density at radius 2 is 1.59 bits per heavy atom. The highest BCUT2D eigenvalue weighted by atomic mass is 79.9. The van der Waals surface area contributed by atoms with Gasteiger partial charge in [-0.15, -0.1) is 23.5 Å². The van der Waals surface area contributed by atoms with Crippen LogP contribution in [0.4, 0.5) is 0 Å². The predicted molar refractivity (Wildman–Crippen MR) is 99.8 cm³/mol. The third kappa shape index (κ3) is 6.46. The summed E-state index contributed by atoms with van der Waals surface area (Å²) >= 11 is 6.71. The van der Waals surface area contributed by atoms with Crippen LogP contribution in [0.3, 0.4) is 0 Å². The molecule has 2 aromatic carbocycles. The van der Waals surface area contributed by atoms with Crippen LogP contribution in [-0.2, 0) is 4.79 Å². The van der Waals surface area contributed by atoms with E-state index in [-0.39, 0.29) is 5.91 Å². The van der Waals surface area contributed by atoms with Crippen LogP contribution in [0.1, 0.15) is 5.56 Å². The van der Waals surface area contributed by atoms with Gasteiger partial charge in [-0.05, 0) is 43.3 Å². The number of hydrogen-bond donors (Lipinski definition) is 1. The van der Waals surface area contributed by atoms with Crippen LogP contribution in [0.25, 0.3) is 0 Å². The number of thioether (sulfide) groups is 2. The molecule has 0 aliphatic carbocycles. The molecular formula is C17H18BrNOS2. The SMILES string of the molecule is Cc1ccc(SCCNC(=O)CSc2ccc(Br)cc2)cc1. The summed E-state index contributed by atoms with van der Waals surface area (Å²) in [5, 5.41) is 2.96. The molecule has 22 heavy (non-hydrogen) atoms. The molecule has 0 fully saturated rings. The van der Waals surface area contributed by atoms with Crippen LogP contribution >= 0.6 is 39.5 Å². The number of hydrogen-bond acceptors (Lipinski definition) is 3. The third-order valence-electron chi connectivity index (χ3n) is 2.90. The first kappa shape index (κ1) is 17.4. The number of benzene rings is 2. The highest BCUT2D eigenvalue weighted by molar-refractivity contribution is 9.10. The van der Waals surface area contributed by atoms with Crippen LogP contribution in [0.5, 0.6) is 0 Å². The molecule has 0 aromatic heterocycles. The monoisotopic (exact) mass is 395 g/mol. The second-order valence-electron chi connectivity index (χ2n) is 4.75. The van der Waals surface area contributed by atoms with Crippen molar-refractivity contribution in [1.82, 2.24) is 5.32 Å². The molecule has 0 heterocycles. The topological polar surface area (TPSA) is 29.1 Å². The minimum Gasteiger partial charge on any atom is -0.355 e. The highest BCUT2D eigenvalue weighted by Crippen LogP contribution is 2.20. The number of carbonyl (C=O) groups is 1. The lowest BCUT2D eigenvalue weighted by Gasteiger charge is -2.06. The summed E-state index contributed by atoms with van der Waals surface area (Å²) in [5.41, 5.74) is 1.27. The van der Waals surface area contributed by atoms with Crippen molar-refractivity contribution in [2.75, 3.05) is 18.1 Å². The maximum atomic E-state index is 11.8. The Bertz CT molecular complexity index is 599. The maximum absolute atomic E-state index is 11.8. The second-order valence-corrected chi connectivity index (χ2v) is 7.89. The van der Waals surface area contributed by atoms with Crippen LogP contribution in [0.2, 0.25) is 0 Å². The van der Waals surface area contributed by atoms with E-state index in [9.17, 15) is 4.79 Å². The fourth-order valence-corrected chi connectivity index (χ4v) is 3.49. The number of carbonyl (C=O) groups excluding carboxylic acids is 1. The van der Waals surface area contributed by atoms with E-state index in [1.54, 1.807) is 23.5 Å². The first-order valence-electron chi connectivity index (χ1n) is 6.98. The lowest BCUT2D eigenvalue weighted by atomic mass is 10.2. The van der Waals surface area contributed by atoms with Crippen molar-refractivity contribution in [2.24, 2.45) is 0 Å². The lowest BCUT2D eigenvalue weighted by molar-refractivity contribution is -0.118. The zero-order chi connectivity index (χ0) is 15.8. The van der Waals surface area contributed by atoms with Gasteiger partial charge in [0.1, 0.15) is 0 Å². The van der Waals surface area contributed by atoms with Gasteiger partial charge in [-0.2, -0.15) is 0 Å². The molecule has 1 N–H and O–H groups in total. The average Bonchev–Trinajstić information content (AvgIpc) is 2.53. The molecule has 2 aromatic rings. The standard InChI is InChI=1S/C17H18BrNOS2/c1-13-2-6-15(7-3-13)21-11-10-19-17(20)12-22-16-8-4-14(18)5-9-16/h2-9H,10-12H2,1H3,(H,19,20). The van der Waals surface area contributed by atoms with E-state index in [2.05, 4.69) is 52.4 Å². The fourth-order valence-electron chi connectivity index (χ4n) is 1.72. The molecular weight excluding hydrogens is 378 g/mol. The molecule has 116 valence electrons. The highest BCUT2D eigenvalue weighted by Gasteiger charge is 2.02. The Hall–Kier alpha value is -0.910. The van der Waals surface area contributed by atoms with Crippen LogP contribution in [-0.4, -0.2) is 24.0 Å². The molecule has 5 heteroatoms. The zero-order valence-electron chi connectivity index (χ0n) is 12.3.